The van der Waals surface area contributed by atoms with E-state index in [2.05, 4.69) is 67.4 Å². The molecular weight excluding hydrogens is 424 g/mol. The number of nitrogens with one attached hydrogen (secondary N) is 2. The second-order valence-corrected chi connectivity index (χ2v) is 8.17. The number of hydrogen-bond acceptors (Lipinski definition) is 6. The molecule has 2 N–H and O–H groups in total. The Morgan fingerprint density at radius 3 is 2.82 bits per heavy atom. The minimum Gasteiger partial charge on any atom is -0.497 e. The molecule has 0 saturated carbocycles. The Hall–Kier alpha value is -4.13. The summed E-state index contributed by atoms with van der Waals surface area (Å²) in [6.45, 7) is 9.13. The summed E-state index contributed by atoms with van der Waals surface area (Å²) in [5, 5.41) is 20.1. The van der Waals surface area contributed by atoms with Gasteiger partial charge in [-0.2, -0.15) is 5.10 Å². The van der Waals surface area contributed by atoms with Crippen molar-refractivity contribution in [2.24, 2.45) is 0 Å². The first kappa shape index (κ1) is 23.0. The minimum absolute atomic E-state index is 0.630. The largest absolute Gasteiger partial charge is 0.497 e. The third-order valence-corrected chi connectivity index (χ3v) is 5.67. The first-order valence-corrected chi connectivity index (χ1v) is 11.2. The molecule has 0 aliphatic carbocycles. The Morgan fingerprint density at radius 1 is 1.21 bits per heavy atom. The van der Waals surface area contributed by atoms with Crippen LogP contribution in [0.25, 0.3) is 21.5 Å². The molecule has 34 heavy (non-hydrogen) atoms. The number of anilines is 2. The maximum atomic E-state index is 5.41. The molecular formula is C27H30N6O. The van der Waals surface area contributed by atoms with E-state index >= 15 is 0 Å². The van der Waals surface area contributed by atoms with Gasteiger partial charge in [-0.05, 0) is 43.0 Å². The minimum atomic E-state index is 0.630. The lowest BCUT2D eigenvalue weighted by Crippen LogP contribution is -2.06. The first-order chi connectivity index (χ1) is 16.5. The maximum absolute atomic E-state index is 5.41. The SMILES string of the molecule is C=C(C)/C=C(\C=C/Cn1cc2c(C)nnc(NCc3cccc4cnccc34)c2c1NC)OC. The molecule has 174 valence electrons. The summed E-state index contributed by atoms with van der Waals surface area (Å²) in [7, 11) is 3.58. The van der Waals surface area contributed by atoms with Gasteiger partial charge in [0.15, 0.2) is 5.82 Å². The lowest BCUT2D eigenvalue weighted by molar-refractivity contribution is 0.306. The van der Waals surface area contributed by atoms with Crippen LogP contribution in [0.4, 0.5) is 11.6 Å². The van der Waals surface area contributed by atoms with Crippen molar-refractivity contribution >= 4 is 33.2 Å². The van der Waals surface area contributed by atoms with Crippen LogP contribution in [0.1, 0.15) is 18.2 Å². The summed E-state index contributed by atoms with van der Waals surface area (Å²) in [4.78, 5) is 4.23. The number of benzene rings is 1. The summed E-state index contributed by atoms with van der Waals surface area (Å²) in [6.07, 6.45) is 11.7. The molecule has 0 fully saturated rings. The van der Waals surface area contributed by atoms with Gasteiger partial charge in [0.2, 0.25) is 0 Å². The zero-order valence-electron chi connectivity index (χ0n) is 20.1. The van der Waals surface area contributed by atoms with Crippen LogP contribution in [0.15, 0.2) is 79.0 Å². The number of allylic oxidation sites excluding steroid dienone is 4. The second kappa shape index (κ2) is 10.2. The molecule has 3 heterocycles. The van der Waals surface area contributed by atoms with Gasteiger partial charge in [-0.1, -0.05) is 36.4 Å². The van der Waals surface area contributed by atoms with Crippen LogP contribution in [-0.2, 0) is 17.8 Å². The summed E-state index contributed by atoms with van der Waals surface area (Å²) in [5.41, 5.74) is 3.01. The lowest BCUT2D eigenvalue weighted by atomic mass is 10.1. The first-order valence-electron chi connectivity index (χ1n) is 11.2. The molecule has 1 aromatic carbocycles. The topological polar surface area (TPSA) is 76.9 Å². The van der Waals surface area contributed by atoms with Gasteiger partial charge in [0.05, 0.1) is 18.2 Å². The van der Waals surface area contributed by atoms with Gasteiger partial charge in [-0.15, -0.1) is 5.10 Å². The van der Waals surface area contributed by atoms with E-state index in [4.69, 9.17) is 4.74 Å². The van der Waals surface area contributed by atoms with Crippen molar-refractivity contribution in [3.05, 3.63) is 90.3 Å². The van der Waals surface area contributed by atoms with Crippen LogP contribution in [0.2, 0.25) is 0 Å². The van der Waals surface area contributed by atoms with Crippen molar-refractivity contribution in [2.75, 3.05) is 24.8 Å². The number of methoxy groups -OCH3 is 1. The number of aromatic nitrogens is 4. The molecule has 0 atom stereocenters. The van der Waals surface area contributed by atoms with E-state index in [0.29, 0.717) is 13.1 Å². The van der Waals surface area contributed by atoms with Crippen molar-refractivity contribution in [2.45, 2.75) is 26.9 Å². The van der Waals surface area contributed by atoms with E-state index in [9.17, 15) is 0 Å². The van der Waals surface area contributed by atoms with E-state index in [1.807, 2.05) is 51.5 Å². The average Bonchev–Trinajstić information content (AvgIpc) is 3.22. The predicted octanol–water partition coefficient (Wildman–Crippen LogP) is 5.60. The number of fused-ring (bicyclic) bond motifs is 2. The number of rotatable bonds is 9. The molecule has 7 heteroatoms. The van der Waals surface area contributed by atoms with Crippen LogP contribution in [0.3, 0.4) is 0 Å². The van der Waals surface area contributed by atoms with Gasteiger partial charge in [0, 0.05) is 49.5 Å². The van der Waals surface area contributed by atoms with Crippen molar-refractivity contribution in [3.8, 4) is 0 Å². The Bertz CT molecular complexity index is 1390. The summed E-state index contributed by atoms with van der Waals surface area (Å²) >= 11 is 0. The number of pyridine rings is 1. The van der Waals surface area contributed by atoms with E-state index in [-0.39, 0.29) is 0 Å². The maximum Gasteiger partial charge on any atom is 0.160 e. The number of nitrogens with zero attached hydrogens (tertiary/aromatic N) is 4. The van der Waals surface area contributed by atoms with Crippen molar-refractivity contribution < 1.29 is 4.74 Å². The molecule has 4 rings (SSSR count). The zero-order valence-corrected chi connectivity index (χ0v) is 20.1. The predicted molar refractivity (Wildman–Crippen MR) is 140 cm³/mol. The van der Waals surface area contributed by atoms with Crippen LogP contribution < -0.4 is 10.6 Å². The Labute approximate surface area is 199 Å². The highest BCUT2D eigenvalue weighted by Gasteiger charge is 2.16. The molecule has 0 bridgehead atoms. The van der Waals surface area contributed by atoms with Crippen molar-refractivity contribution in [1.29, 1.82) is 0 Å². The molecule has 0 aliphatic rings. The molecule has 3 aromatic heterocycles. The summed E-state index contributed by atoms with van der Waals surface area (Å²) in [5.74, 6) is 2.49. The van der Waals surface area contributed by atoms with E-state index < -0.39 is 0 Å². The van der Waals surface area contributed by atoms with Crippen LogP contribution in [0.5, 0.6) is 0 Å². The molecule has 0 saturated heterocycles. The molecule has 0 spiro atoms. The lowest BCUT2D eigenvalue weighted by Gasteiger charge is -2.12. The Kier molecular flexibility index (Phi) is 6.92. The smallest absolute Gasteiger partial charge is 0.160 e. The summed E-state index contributed by atoms with van der Waals surface area (Å²) in [6, 6.07) is 8.29. The molecule has 4 aromatic rings. The normalized spacial score (nSPS) is 11.9. The highest BCUT2D eigenvalue weighted by molar-refractivity contribution is 6.02. The Balaban J connectivity index is 1.65. The molecule has 7 nitrogen and oxygen atoms in total. The van der Waals surface area contributed by atoms with Gasteiger partial charge in [0.25, 0.3) is 0 Å². The summed E-state index contributed by atoms with van der Waals surface area (Å²) < 4.78 is 7.57. The number of hydrogen-bond donors (Lipinski definition) is 2. The average molecular weight is 455 g/mol. The van der Waals surface area contributed by atoms with E-state index in [0.717, 1.165) is 44.8 Å². The van der Waals surface area contributed by atoms with Gasteiger partial charge in [-0.25, -0.2) is 0 Å². The molecule has 0 aliphatic heterocycles. The van der Waals surface area contributed by atoms with Crippen LogP contribution in [0, 0.1) is 6.92 Å². The second-order valence-electron chi connectivity index (χ2n) is 8.17. The van der Waals surface area contributed by atoms with Crippen molar-refractivity contribution in [1.82, 2.24) is 19.7 Å². The number of ether oxygens (including phenoxy) is 1. The number of aryl methyl sites for hydroxylation is 1. The molecule has 0 radical (unpaired) electrons. The third kappa shape index (κ3) is 4.78. The van der Waals surface area contributed by atoms with Crippen LogP contribution >= 0.6 is 0 Å². The van der Waals surface area contributed by atoms with Crippen molar-refractivity contribution in [3.63, 3.8) is 0 Å². The molecule has 0 amide bonds. The third-order valence-electron chi connectivity index (χ3n) is 5.67. The van der Waals surface area contributed by atoms with E-state index in [1.165, 1.54) is 10.9 Å². The Morgan fingerprint density at radius 2 is 2.06 bits per heavy atom. The van der Waals surface area contributed by atoms with Gasteiger partial charge in [-0.3, -0.25) is 4.98 Å². The quantitative estimate of drug-likeness (QED) is 0.253. The van der Waals surface area contributed by atoms with Gasteiger partial charge < -0.3 is 19.9 Å². The zero-order chi connectivity index (χ0) is 24.1. The monoisotopic (exact) mass is 454 g/mol. The van der Waals surface area contributed by atoms with Gasteiger partial charge in [0.1, 0.15) is 11.6 Å². The fraction of sp³-hybridized carbons (Fsp3) is 0.222. The molecule has 0 unspecified atom stereocenters. The highest BCUT2D eigenvalue weighted by Crippen LogP contribution is 2.33. The highest BCUT2D eigenvalue weighted by atomic mass is 16.5. The fourth-order valence-corrected chi connectivity index (χ4v) is 4.06. The van der Waals surface area contributed by atoms with Gasteiger partial charge >= 0.3 is 0 Å². The fourth-order valence-electron chi connectivity index (χ4n) is 4.06. The van der Waals surface area contributed by atoms with E-state index in [1.54, 1.807) is 7.11 Å². The standard InChI is InChI=1S/C27H30N6O/c1-18(2)14-22(34-5)10-7-13-33-17-24-19(3)31-32-26(25(24)27(33)28-4)30-16-21-9-6-8-20-15-29-12-11-23(20)21/h6-12,14-15,17,28H,1,13,16H2,2-5H3,(H,30,32)/b10-7-,22-14+. The van der Waals surface area contributed by atoms with Crippen LogP contribution in [-0.4, -0.2) is 33.9 Å².